The topological polar surface area (TPSA) is 39.1 Å². The van der Waals surface area contributed by atoms with Gasteiger partial charge in [-0.05, 0) is 53.4 Å². The molecule has 1 aromatic heterocycles. The van der Waals surface area contributed by atoms with Crippen LogP contribution in [0.1, 0.15) is 57.7 Å². The van der Waals surface area contributed by atoms with Gasteiger partial charge in [0.05, 0.1) is 12.3 Å². The molecule has 0 aliphatic carbocycles. The van der Waals surface area contributed by atoms with Crippen LogP contribution in [0.15, 0.2) is 6.20 Å². The molecule has 2 heterocycles. The molecule has 1 atom stereocenters. The lowest BCUT2D eigenvalue weighted by Crippen LogP contribution is -2.35. The first-order valence-corrected chi connectivity index (χ1v) is 7.83. The van der Waals surface area contributed by atoms with Gasteiger partial charge >= 0.3 is 0 Å². The van der Waals surface area contributed by atoms with Gasteiger partial charge < -0.3 is 10.1 Å². The summed E-state index contributed by atoms with van der Waals surface area (Å²) in [4.78, 5) is 0. The van der Waals surface area contributed by atoms with Gasteiger partial charge in [-0.25, -0.2) is 0 Å². The number of nitrogens with one attached hydrogen (secondary N) is 1. The maximum Gasteiger partial charge on any atom is 0.0576 e. The van der Waals surface area contributed by atoms with Crippen LogP contribution in [0.5, 0.6) is 0 Å². The van der Waals surface area contributed by atoms with Crippen molar-refractivity contribution in [1.82, 2.24) is 15.1 Å². The number of rotatable bonds is 6. The predicted molar refractivity (Wildman–Crippen MR) is 81.8 cm³/mol. The monoisotopic (exact) mass is 279 g/mol. The Hall–Kier alpha value is -0.870. The molecule has 0 spiro atoms. The molecular weight excluding hydrogens is 250 g/mol. The Morgan fingerprint density at radius 1 is 1.45 bits per heavy atom. The molecule has 20 heavy (non-hydrogen) atoms. The molecule has 1 fully saturated rings. The van der Waals surface area contributed by atoms with Crippen molar-refractivity contribution in [2.24, 2.45) is 0 Å². The fourth-order valence-corrected chi connectivity index (χ4v) is 2.59. The van der Waals surface area contributed by atoms with E-state index in [9.17, 15) is 0 Å². The van der Waals surface area contributed by atoms with Crippen molar-refractivity contribution in [2.75, 3.05) is 6.61 Å². The molecule has 1 N–H and O–H groups in total. The SMILES string of the molecule is Cc1c(CNC(C)(C)C)cnn1CCCC1CCCO1. The van der Waals surface area contributed by atoms with Gasteiger partial charge in [-0.1, -0.05) is 0 Å². The minimum atomic E-state index is 0.147. The van der Waals surface area contributed by atoms with E-state index >= 15 is 0 Å². The second-order valence-electron chi connectivity index (χ2n) is 6.86. The van der Waals surface area contributed by atoms with Gasteiger partial charge in [0, 0.05) is 36.5 Å². The number of aromatic nitrogens is 2. The maximum absolute atomic E-state index is 5.66. The highest BCUT2D eigenvalue weighted by Crippen LogP contribution is 2.18. The van der Waals surface area contributed by atoms with Crippen LogP contribution in [-0.4, -0.2) is 28.0 Å². The zero-order chi connectivity index (χ0) is 14.6. The van der Waals surface area contributed by atoms with Gasteiger partial charge in [-0.2, -0.15) is 5.10 Å². The van der Waals surface area contributed by atoms with E-state index in [2.05, 4.69) is 42.8 Å². The summed E-state index contributed by atoms with van der Waals surface area (Å²) in [6.45, 7) is 11.6. The molecule has 1 unspecified atom stereocenters. The van der Waals surface area contributed by atoms with Gasteiger partial charge in [-0.3, -0.25) is 4.68 Å². The van der Waals surface area contributed by atoms with Crippen LogP contribution in [0.4, 0.5) is 0 Å². The van der Waals surface area contributed by atoms with E-state index in [1.165, 1.54) is 24.1 Å². The first kappa shape index (κ1) is 15.5. The molecule has 2 rings (SSSR count). The molecule has 1 aliphatic heterocycles. The van der Waals surface area contributed by atoms with E-state index in [0.29, 0.717) is 6.10 Å². The van der Waals surface area contributed by atoms with Crippen molar-refractivity contribution in [3.8, 4) is 0 Å². The predicted octanol–water partition coefficient (Wildman–Crippen LogP) is 3.04. The molecular formula is C16H29N3O. The summed E-state index contributed by atoms with van der Waals surface area (Å²) in [5, 5.41) is 8.04. The van der Waals surface area contributed by atoms with Crippen molar-refractivity contribution >= 4 is 0 Å². The molecule has 4 nitrogen and oxygen atoms in total. The van der Waals surface area contributed by atoms with E-state index in [4.69, 9.17) is 4.74 Å². The highest BCUT2D eigenvalue weighted by Gasteiger charge is 2.15. The van der Waals surface area contributed by atoms with E-state index in [1.807, 2.05) is 6.20 Å². The van der Waals surface area contributed by atoms with Crippen LogP contribution in [-0.2, 0) is 17.8 Å². The van der Waals surface area contributed by atoms with Crippen molar-refractivity contribution < 1.29 is 4.74 Å². The van der Waals surface area contributed by atoms with Gasteiger partial charge in [0.1, 0.15) is 0 Å². The first-order chi connectivity index (χ1) is 9.46. The normalized spacial score (nSPS) is 19.7. The Labute approximate surface area is 122 Å². The first-order valence-electron chi connectivity index (χ1n) is 7.83. The fraction of sp³-hybridized carbons (Fsp3) is 0.812. The van der Waals surface area contributed by atoms with Crippen LogP contribution in [0.2, 0.25) is 0 Å². The molecule has 114 valence electrons. The van der Waals surface area contributed by atoms with E-state index in [0.717, 1.165) is 32.5 Å². The van der Waals surface area contributed by atoms with Crippen molar-refractivity contribution in [2.45, 2.75) is 78.1 Å². The second-order valence-corrected chi connectivity index (χ2v) is 6.86. The minimum Gasteiger partial charge on any atom is -0.378 e. The van der Waals surface area contributed by atoms with Crippen molar-refractivity contribution in [3.63, 3.8) is 0 Å². The lowest BCUT2D eigenvalue weighted by molar-refractivity contribution is 0.101. The molecule has 1 saturated heterocycles. The Kier molecular flexibility index (Phi) is 5.22. The lowest BCUT2D eigenvalue weighted by Gasteiger charge is -2.20. The van der Waals surface area contributed by atoms with Crippen LogP contribution in [0, 0.1) is 6.92 Å². The van der Waals surface area contributed by atoms with Gasteiger partial charge in [0.25, 0.3) is 0 Å². The molecule has 0 bridgehead atoms. The Bertz CT molecular complexity index is 414. The third-order valence-corrected chi connectivity index (χ3v) is 3.93. The van der Waals surface area contributed by atoms with Gasteiger partial charge in [-0.15, -0.1) is 0 Å². The fourth-order valence-electron chi connectivity index (χ4n) is 2.59. The molecule has 0 amide bonds. The standard InChI is InChI=1S/C16H29N3O/c1-13-14(11-17-16(2,3)4)12-18-19(13)9-5-7-15-8-6-10-20-15/h12,15,17H,5-11H2,1-4H3. The van der Waals surface area contributed by atoms with Crippen molar-refractivity contribution in [3.05, 3.63) is 17.5 Å². The van der Waals surface area contributed by atoms with E-state index in [-0.39, 0.29) is 5.54 Å². The summed E-state index contributed by atoms with van der Waals surface area (Å²) >= 11 is 0. The van der Waals surface area contributed by atoms with Crippen LogP contribution >= 0.6 is 0 Å². The number of ether oxygens (including phenoxy) is 1. The number of hydrogen-bond donors (Lipinski definition) is 1. The van der Waals surface area contributed by atoms with E-state index in [1.54, 1.807) is 0 Å². The van der Waals surface area contributed by atoms with Crippen molar-refractivity contribution in [1.29, 1.82) is 0 Å². The highest BCUT2D eigenvalue weighted by molar-refractivity contribution is 5.16. The third kappa shape index (κ3) is 4.60. The minimum absolute atomic E-state index is 0.147. The number of hydrogen-bond acceptors (Lipinski definition) is 3. The largest absolute Gasteiger partial charge is 0.378 e. The number of nitrogens with zero attached hydrogens (tertiary/aromatic N) is 2. The maximum atomic E-state index is 5.66. The molecule has 4 heteroatoms. The average molecular weight is 279 g/mol. The Balaban J connectivity index is 1.78. The summed E-state index contributed by atoms with van der Waals surface area (Å²) in [6.07, 6.45) is 7.27. The summed E-state index contributed by atoms with van der Waals surface area (Å²) in [5.41, 5.74) is 2.74. The summed E-state index contributed by atoms with van der Waals surface area (Å²) in [5.74, 6) is 0. The highest BCUT2D eigenvalue weighted by atomic mass is 16.5. The van der Waals surface area contributed by atoms with E-state index < -0.39 is 0 Å². The Morgan fingerprint density at radius 3 is 2.90 bits per heavy atom. The zero-order valence-corrected chi connectivity index (χ0v) is 13.4. The number of aryl methyl sites for hydroxylation is 1. The quantitative estimate of drug-likeness (QED) is 0.870. The van der Waals surface area contributed by atoms with Crippen LogP contribution in [0.3, 0.4) is 0 Å². The van der Waals surface area contributed by atoms with Crippen LogP contribution in [0.25, 0.3) is 0 Å². The second kappa shape index (κ2) is 6.72. The molecule has 0 saturated carbocycles. The molecule has 1 aromatic rings. The smallest absolute Gasteiger partial charge is 0.0576 e. The average Bonchev–Trinajstić information content (AvgIpc) is 2.98. The molecule has 1 aliphatic rings. The zero-order valence-electron chi connectivity index (χ0n) is 13.4. The summed E-state index contributed by atoms with van der Waals surface area (Å²) < 4.78 is 7.80. The lowest BCUT2D eigenvalue weighted by atomic mass is 10.1. The van der Waals surface area contributed by atoms with Gasteiger partial charge in [0.15, 0.2) is 0 Å². The summed E-state index contributed by atoms with van der Waals surface area (Å²) in [7, 11) is 0. The van der Waals surface area contributed by atoms with Crippen LogP contribution < -0.4 is 5.32 Å². The van der Waals surface area contributed by atoms with Gasteiger partial charge in [0.2, 0.25) is 0 Å². The molecule has 0 radical (unpaired) electrons. The summed E-state index contributed by atoms with van der Waals surface area (Å²) in [6, 6.07) is 0. The molecule has 0 aromatic carbocycles. The Morgan fingerprint density at radius 2 is 2.25 bits per heavy atom. The third-order valence-electron chi connectivity index (χ3n) is 3.93.